The molecule has 4 rings (SSSR count). The van der Waals surface area contributed by atoms with Crippen molar-refractivity contribution in [3.8, 4) is 5.75 Å². The summed E-state index contributed by atoms with van der Waals surface area (Å²) >= 11 is 0. The second-order valence-electron chi connectivity index (χ2n) is 10.5. The van der Waals surface area contributed by atoms with E-state index in [0.717, 1.165) is 19.3 Å². The summed E-state index contributed by atoms with van der Waals surface area (Å²) in [5.41, 5.74) is 1.58. The number of benzene rings is 1. The summed E-state index contributed by atoms with van der Waals surface area (Å²) < 4.78 is 15.3. The molecule has 1 saturated carbocycles. The Kier molecular flexibility index (Phi) is 6.94. The first-order valence-corrected chi connectivity index (χ1v) is 12.6. The van der Waals surface area contributed by atoms with Crippen molar-refractivity contribution in [2.24, 2.45) is 17.6 Å². The molecule has 0 aliphatic heterocycles. The number of nitrogens with two attached hydrogens (primary N) is 1. The van der Waals surface area contributed by atoms with Gasteiger partial charge in [-0.05, 0) is 57.3 Å². The number of rotatable bonds is 7. The summed E-state index contributed by atoms with van der Waals surface area (Å²) in [7, 11) is 3.04. The highest BCUT2D eigenvalue weighted by Gasteiger charge is 2.64. The lowest BCUT2D eigenvalue weighted by atomic mass is 9.57. The van der Waals surface area contributed by atoms with Crippen LogP contribution >= 0.6 is 0 Å². The summed E-state index contributed by atoms with van der Waals surface area (Å²) in [5, 5.41) is 44.6. The average molecular weight is 517 g/mol. The number of Topliss-reactive ketones (excluding diaryl/α,β-unsaturated/α-hetero) is 2. The molecule has 9 nitrogen and oxygen atoms in total. The van der Waals surface area contributed by atoms with Crippen LogP contribution in [0.2, 0.25) is 0 Å². The minimum Gasteiger partial charge on any atom is -0.508 e. The first kappa shape index (κ1) is 26.8. The zero-order valence-electron chi connectivity index (χ0n) is 21.2. The van der Waals surface area contributed by atoms with Gasteiger partial charge in [-0.15, -0.1) is 0 Å². The molecule has 3 aliphatic carbocycles. The van der Waals surface area contributed by atoms with Gasteiger partial charge in [0.2, 0.25) is 5.78 Å². The van der Waals surface area contributed by atoms with Crippen LogP contribution in [0.25, 0.3) is 5.76 Å². The minimum absolute atomic E-state index is 0.0421. The third kappa shape index (κ3) is 3.93. The number of aromatic hydroxyl groups is 1. The van der Waals surface area contributed by atoms with Gasteiger partial charge in [-0.1, -0.05) is 26.2 Å². The molecule has 1 aromatic carbocycles. The van der Waals surface area contributed by atoms with Crippen molar-refractivity contribution in [1.82, 2.24) is 4.90 Å². The molecule has 0 saturated heterocycles. The van der Waals surface area contributed by atoms with Crippen molar-refractivity contribution < 1.29 is 39.2 Å². The molecule has 37 heavy (non-hydrogen) atoms. The van der Waals surface area contributed by atoms with Crippen LogP contribution in [0.4, 0.5) is 4.39 Å². The van der Waals surface area contributed by atoms with Gasteiger partial charge >= 0.3 is 0 Å². The SMILES string of the molecule is CCCCCCc1cc(F)c2c(c1O)C(O)=C1C(=O)[C@]3(O)C(O)=C(C(N)=O)C(=O)[C@@H](N(C)C)[C@@H]3C[C@@H]1C2. The van der Waals surface area contributed by atoms with Gasteiger partial charge in [0, 0.05) is 17.1 Å². The third-order valence-electron chi connectivity index (χ3n) is 8.04. The molecule has 4 atom stereocenters. The number of hydrogen-bond donors (Lipinski definition) is 5. The van der Waals surface area contributed by atoms with E-state index in [0.29, 0.717) is 18.4 Å². The standard InChI is InChI=1S/C27H33FN2O7/c1-4-5-6-7-8-12-11-16(28)14-9-13-10-15-20(30(2)3)23(33)19(26(29)36)25(35)27(15,37)24(34)17(13)22(32)18(14)21(12)31/h11,13,15,20,31-32,35,37H,4-10H2,1-3H3,(H2,29,36)/t13-,15-,20-,27-/m0/s1. The van der Waals surface area contributed by atoms with Crippen molar-refractivity contribution in [1.29, 1.82) is 0 Å². The Balaban J connectivity index is 1.87. The number of amides is 1. The number of likely N-dealkylation sites (N-methyl/N-ethyl adjacent to an activating group) is 1. The van der Waals surface area contributed by atoms with Gasteiger partial charge in [0.05, 0.1) is 11.6 Å². The Bertz CT molecular complexity index is 1250. The summed E-state index contributed by atoms with van der Waals surface area (Å²) in [4.78, 5) is 40.3. The molecule has 1 amide bonds. The number of aliphatic hydroxyl groups excluding tert-OH is 2. The molecule has 3 aliphatic rings. The number of carbonyl (C=O) groups is 3. The normalized spacial score (nSPS) is 27.4. The maximum atomic E-state index is 15.3. The van der Waals surface area contributed by atoms with Crippen LogP contribution in [-0.2, 0) is 27.2 Å². The molecule has 0 unspecified atom stereocenters. The number of aliphatic hydroxyl groups is 3. The number of phenolic OH excluding ortho intramolecular Hbond substituents is 1. The van der Waals surface area contributed by atoms with Gasteiger partial charge in [0.15, 0.2) is 11.4 Å². The molecule has 200 valence electrons. The fourth-order valence-corrected chi connectivity index (χ4v) is 6.25. The Morgan fingerprint density at radius 2 is 1.86 bits per heavy atom. The van der Waals surface area contributed by atoms with E-state index in [9.17, 15) is 34.8 Å². The first-order chi connectivity index (χ1) is 17.4. The van der Waals surface area contributed by atoms with Gasteiger partial charge in [-0.25, -0.2) is 4.39 Å². The molecular weight excluding hydrogens is 483 g/mol. The van der Waals surface area contributed by atoms with E-state index in [1.165, 1.54) is 25.1 Å². The van der Waals surface area contributed by atoms with Crippen LogP contribution in [-0.4, -0.2) is 68.5 Å². The van der Waals surface area contributed by atoms with E-state index in [2.05, 4.69) is 6.92 Å². The van der Waals surface area contributed by atoms with Crippen LogP contribution in [0.5, 0.6) is 5.75 Å². The summed E-state index contributed by atoms with van der Waals surface area (Å²) in [6.45, 7) is 2.05. The molecule has 6 N–H and O–H groups in total. The highest BCUT2D eigenvalue weighted by atomic mass is 19.1. The number of carbonyl (C=O) groups excluding carboxylic acids is 3. The lowest BCUT2D eigenvalue weighted by molar-refractivity contribution is -0.153. The van der Waals surface area contributed by atoms with Gasteiger partial charge in [-0.3, -0.25) is 19.3 Å². The zero-order chi connectivity index (χ0) is 27.4. The number of ketones is 2. The van der Waals surface area contributed by atoms with Gasteiger partial charge < -0.3 is 26.2 Å². The Morgan fingerprint density at radius 1 is 1.19 bits per heavy atom. The first-order valence-electron chi connectivity index (χ1n) is 12.6. The van der Waals surface area contributed by atoms with E-state index in [-0.39, 0.29) is 35.3 Å². The molecule has 1 fully saturated rings. The number of fused-ring (bicyclic) bond motifs is 3. The van der Waals surface area contributed by atoms with Crippen LogP contribution in [0.15, 0.2) is 23.0 Å². The van der Waals surface area contributed by atoms with Crippen LogP contribution < -0.4 is 5.73 Å². The molecule has 1 aromatic rings. The number of aryl methyl sites for hydroxylation is 1. The molecule has 0 aromatic heterocycles. The van der Waals surface area contributed by atoms with Crippen LogP contribution in [0, 0.1) is 17.7 Å². The number of unbranched alkanes of at least 4 members (excludes halogenated alkanes) is 3. The quantitative estimate of drug-likeness (QED) is 0.272. The highest BCUT2D eigenvalue weighted by Crippen LogP contribution is 2.53. The lowest BCUT2D eigenvalue weighted by Gasteiger charge is -2.50. The van der Waals surface area contributed by atoms with Crippen molar-refractivity contribution in [2.75, 3.05) is 14.1 Å². The van der Waals surface area contributed by atoms with E-state index < -0.39 is 63.9 Å². The van der Waals surface area contributed by atoms with Crippen LogP contribution in [0.1, 0.15) is 55.7 Å². The Hall–Kier alpha value is -3.24. The zero-order valence-corrected chi connectivity index (χ0v) is 21.2. The lowest BCUT2D eigenvalue weighted by Crippen LogP contribution is -2.65. The smallest absolute Gasteiger partial charge is 0.255 e. The third-order valence-corrected chi connectivity index (χ3v) is 8.04. The fraction of sp³-hybridized carbons (Fsp3) is 0.519. The number of phenols is 1. The van der Waals surface area contributed by atoms with Crippen molar-refractivity contribution in [3.05, 3.63) is 45.5 Å². The second-order valence-corrected chi connectivity index (χ2v) is 10.5. The molecule has 0 spiro atoms. The average Bonchev–Trinajstić information content (AvgIpc) is 2.81. The predicted octanol–water partition coefficient (Wildman–Crippen LogP) is 2.23. The number of primary amides is 1. The maximum Gasteiger partial charge on any atom is 0.255 e. The van der Waals surface area contributed by atoms with E-state index in [4.69, 9.17) is 5.73 Å². The van der Waals surface area contributed by atoms with Crippen molar-refractivity contribution >= 4 is 23.2 Å². The van der Waals surface area contributed by atoms with Crippen molar-refractivity contribution in [2.45, 2.75) is 63.5 Å². The summed E-state index contributed by atoms with van der Waals surface area (Å²) in [6.07, 6.45) is 3.81. The minimum atomic E-state index is -2.71. The van der Waals surface area contributed by atoms with E-state index >= 15 is 4.39 Å². The fourth-order valence-electron chi connectivity index (χ4n) is 6.25. The monoisotopic (exact) mass is 516 g/mol. The van der Waals surface area contributed by atoms with Crippen LogP contribution in [0.3, 0.4) is 0 Å². The molecule has 0 heterocycles. The predicted molar refractivity (Wildman–Crippen MR) is 132 cm³/mol. The molecule has 0 bridgehead atoms. The highest BCUT2D eigenvalue weighted by molar-refractivity contribution is 6.24. The Morgan fingerprint density at radius 3 is 2.46 bits per heavy atom. The second kappa shape index (κ2) is 9.57. The Labute approximate surface area is 214 Å². The molecule has 0 radical (unpaired) electrons. The number of halogens is 1. The van der Waals surface area contributed by atoms with Crippen molar-refractivity contribution in [3.63, 3.8) is 0 Å². The summed E-state index contributed by atoms with van der Waals surface area (Å²) in [5.74, 6) is -8.01. The molecular formula is C27H33FN2O7. The maximum absolute atomic E-state index is 15.3. The van der Waals surface area contributed by atoms with Gasteiger partial charge in [0.25, 0.3) is 5.91 Å². The van der Waals surface area contributed by atoms with E-state index in [1.807, 2.05) is 0 Å². The van der Waals surface area contributed by atoms with Gasteiger partial charge in [0.1, 0.15) is 28.7 Å². The topological polar surface area (TPSA) is 161 Å². The largest absolute Gasteiger partial charge is 0.508 e. The summed E-state index contributed by atoms with van der Waals surface area (Å²) in [6, 6.07) is 0.0704. The van der Waals surface area contributed by atoms with E-state index in [1.54, 1.807) is 0 Å². The number of hydrogen-bond acceptors (Lipinski definition) is 8. The molecule has 10 heteroatoms. The number of nitrogens with zero attached hydrogens (tertiary/aromatic N) is 1. The van der Waals surface area contributed by atoms with Gasteiger partial charge in [-0.2, -0.15) is 0 Å².